The standard InChI is InChI=1S/C12H10BrN5O/c13-11-2-1-10(4-9(11)5-14)18-7-8(3-12(18)19)6-16-17-15/h1-2,4,8H,3,6-7H2. The molecule has 0 N–H and O–H groups in total. The van der Waals surface area contributed by atoms with Crippen molar-refractivity contribution in [2.75, 3.05) is 18.0 Å². The number of amides is 1. The van der Waals surface area contributed by atoms with Crippen LogP contribution in [0.4, 0.5) is 5.69 Å². The summed E-state index contributed by atoms with van der Waals surface area (Å²) in [6.45, 7) is 0.838. The van der Waals surface area contributed by atoms with Gasteiger partial charge in [0.25, 0.3) is 0 Å². The summed E-state index contributed by atoms with van der Waals surface area (Å²) in [5.41, 5.74) is 9.48. The van der Waals surface area contributed by atoms with Crippen molar-refractivity contribution in [1.82, 2.24) is 0 Å². The van der Waals surface area contributed by atoms with Crippen molar-refractivity contribution >= 4 is 27.5 Å². The molecule has 0 radical (unpaired) electrons. The first-order chi connectivity index (χ1) is 9.15. The maximum Gasteiger partial charge on any atom is 0.227 e. The third kappa shape index (κ3) is 2.87. The lowest BCUT2D eigenvalue weighted by atomic mass is 10.1. The molecule has 0 aliphatic carbocycles. The Morgan fingerprint density at radius 3 is 3.11 bits per heavy atom. The van der Waals surface area contributed by atoms with Gasteiger partial charge in [-0.2, -0.15) is 5.26 Å². The zero-order chi connectivity index (χ0) is 13.8. The molecule has 1 atom stereocenters. The van der Waals surface area contributed by atoms with Gasteiger partial charge in [0.15, 0.2) is 0 Å². The van der Waals surface area contributed by atoms with Crippen molar-refractivity contribution in [1.29, 1.82) is 5.26 Å². The normalized spacial score (nSPS) is 18.0. The number of rotatable bonds is 3. The fourth-order valence-electron chi connectivity index (χ4n) is 2.07. The van der Waals surface area contributed by atoms with Crippen LogP contribution in [0.25, 0.3) is 10.4 Å². The monoisotopic (exact) mass is 319 g/mol. The number of nitrogens with zero attached hydrogens (tertiary/aromatic N) is 5. The minimum atomic E-state index is -0.00986. The Labute approximate surface area is 118 Å². The largest absolute Gasteiger partial charge is 0.312 e. The van der Waals surface area contributed by atoms with Crippen molar-refractivity contribution < 1.29 is 4.79 Å². The molecule has 0 aromatic heterocycles. The van der Waals surface area contributed by atoms with Gasteiger partial charge >= 0.3 is 0 Å². The molecule has 1 saturated heterocycles. The van der Waals surface area contributed by atoms with Crippen LogP contribution in [0.15, 0.2) is 27.8 Å². The average molecular weight is 320 g/mol. The summed E-state index contributed by atoms with van der Waals surface area (Å²) >= 11 is 3.28. The van der Waals surface area contributed by atoms with Crippen molar-refractivity contribution in [3.8, 4) is 6.07 Å². The minimum absolute atomic E-state index is 0.00986. The number of benzene rings is 1. The molecule has 6 nitrogen and oxygen atoms in total. The molecule has 1 aromatic carbocycles. The fourth-order valence-corrected chi connectivity index (χ4v) is 2.41. The molecule has 19 heavy (non-hydrogen) atoms. The van der Waals surface area contributed by atoms with E-state index in [2.05, 4.69) is 32.0 Å². The molecule has 2 rings (SSSR count). The van der Waals surface area contributed by atoms with E-state index in [-0.39, 0.29) is 11.8 Å². The van der Waals surface area contributed by atoms with Crippen LogP contribution in [-0.4, -0.2) is 19.0 Å². The van der Waals surface area contributed by atoms with Gasteiger partial charge < -0.3 is 4.90 Å². The summed E-state index contributed by atoms with van der Waals surface area (Å²) in [5, 5.41) is 12.5. The summed E-state index contributed by atoms with van der Waals surface area (Å²) < 4.78 is 0.705. The molecule has 1 aliphatic rings. The lowest BCUT2D eigenvalue weighted by Crippen LogP contribution is -2.24. The van der Waals surface area contributed by atoms with Gasteiger partial charge in [0.2, 0.25) is 5.91 Å². The van der Waals surface area contributed by atoms with Gasteiger partial charge in [0, 0.05) is 34.6 Å². The summed E-state index contributed by atoms with van der Waals surface area (Å²) in [4.78, 5) is 16.3. The topological polar surface area (TPSA) is 92.9 Å². The van der Waals surface area contributed by atoms with Crippen LogP contribution in [0.1, 0.15) is 12.0 Å². The second-order valence-corrected chi connectivity index (χ2v) is 5.12. The molecular formula is C12H10BrN5O. The number of anilines is 1. The van der Waals surface area contributed by atoms with Crippen molar-refractivity contribution in [2.24, 2.45) is 11.0 Å². The van der Waals surface area contributed by atoms with Crippen LogP contribution >= 0.6 is 15.9 Å². The number of azide groups is 1. The predicted molar refractivity (Wildman–Crippen MR) is 73.3 cm³/mol. The number of carbonyl (C=O) groups excluding carboxylic acids is 1. The Morgan fingerprint density at radius 2 is 2.42 bits per heavy atom. The SMILES string of the molecule is N#Cc1cc(N2CC(CN=[N+]=[N-])CC2=O)ccc1Br. The summed E-state index contributed by atoms with van der Waals surface area (Å²) in [6, 6.07) is 7.29. The zero-order valence-electron chi connectivity index (χ0n) is 9.95. The first-order valence-electron chi connectivity index (χ1n) is 5.66. The van der Waals surface area contributed by atoms with Crippen LogP contribution < -0.4 is 4.90 Å². The summed E-state index contributed by atoms with van der Waals surface area (Å²) in [7, 11) is 0. The third-order valence-electron chi connectivity index (χ3n) is 2.99. The van der Waals surface area contributed by atoms with Crippen LogP contribution in [0.2, 0.25) is 0 Å². The Hall–Kier alpha value is -2.03. The van der Waals surface area contributed by atoms with E-state index in [0.717, 1.165) is 0 Å². The highest BCUT2D eigenvalue weighted by Gasteiger charge is 2.30. The molecule has 1 unspecified atom stereocenters. The molecule has 96 valence electrons. The lowest BCUT2D eigenvalue weighted by molar-refractivity contribution is -0.117. The van der Waals surface area contributed by atoms with Gasteiger partial charge in [-0.05, 0) is 45.6 Å². The molecule has 0 bridgehead atoms. The molecule has 1 amide bonds. The van der Waals surface area contributed by atoms with E-state index in [1.54, 1.807) is 23.1 Å². The first-order valence-corrected chi connectivity index (χ1v) is 6.46. The van der Waals surface area contributed by atoms with E-state index >= 15 is 0 Å². The van der Waals surface area contributed by atoms with Crippen LogP contribution in [0, 0.1) is 17.2 Å². The van der Waals surface area contributed by atoms with Crippen molar-refractivity contribution in [2.45, 2.75) is 6.42 Å². The van der Waals surface area contributed by atoms with E-state index in [1.165, 1.54) is 0 Å². The van der Waals surface area contributed by atoms with Gasteiger partial charge in [-0.3, -0.25) is 4.79 Å². The van der Waals surface area contributed by atoms with Gasteiger partial charge in [0.1, 0.15) is 6.07 Å². The Kier molecular flexibility index (Phi) is 4.05. The van der Waals surface area contributed by atoms with Gasteiger partial charge in [-0.1, -0.05) is 5.11 Å². The van der Waals surface area contributed by atoms with Gasteiger partial charge in [0.05, 0.1) is 5.56 Å². The first kappa shape index (κ1) is 13.4. The number of halogens is 1. The predicted octanol–water partition coefficient (Wildman–Crippen LogP) is 2.98. The molecule has 1 heterocycles. The molecule has 1 aliphatic heterocycles. The second-order valence-electron chi connectivity index (χ2n) is 4.26. The highest BCUT2D eigenvalue weighted by atomic mass is 79.9. The maximum absolute atomic E-state index is 11.9. The van der Waals surface area contributed by atoms with Crippen LogP contribution in [-0.2, 0) is 4.79 Å². The molecular weight excluding hydrogens is 310 g/mol. The molecule has 0 spiro atoms. The van der Waals surface area contributed by atoms with E-state index < -0.39 is 0 Å². The molecule has 0 saturated carbocycles. The molecule has 7 heteroatoms. The minimum Gasteiger partial charge on any atom is -0.312 e. The Bertz CT molecular complexity index is 603. The zero-order valence-corrected chi connectivity index (χ0v) is 11.5. The van der Waals surface area contributed by atoms with Crippen LogP contribution in [0.3, 0.4) is 0 Å². The summed E-state index contributed by atoms with van der Waals surface area (Å²) in [5.74, 6) is 0.0296. The summed E-state index contributed by atoms with van der Waals surface area (Å²) in [6.07, 6.45) is 0.372. The average Bonchev–Trinajstić information content (AvgIpc) is 2.78. The van der Waals surface area contributed by atoms with E-state index in [9.17, 15) is 4.79 Å². The second kappa shape index (κ2) is 5.74. The van der Waals surface area contributed by atoms with Crippen molar-refractivity contribution in [3.63, 3.8) is 0 Å². The van der Waals surface area contributed by atoms with Gasteiger partial charge in [-0.25, -0.2) is 0 Å². The number of nitriles is 1. The van der Waals surface area contributed by atoms with Crippen molar-refractivity contribution in [3.05, 3.63) is 38.7 Å². The molecule has 1 fully saturated rings. The quantitative estimate of drug-likeness (QED) is 0.486. The molecule has 1 aromatic rings. The van der Waals surface area contributed by atoms with Crippen LogP contribution in [0.5, 0.6) is 0 Å². The van der Waals surface area contributed by atoms with E-state index in [1.807, 2.05) is 0 Å². The lowest BCUT2D eigenvalue weighted by Gasteiger charge is -2.17. The Balaban J connectivity index is 2.21. The smallest absolute Gasteiger partial charge is 0.227 e. The van der Waals surface area contributed by atoms with E-state index in [0.29, 0.717) is 35.2 Å². The highest BCUT2D eigenvalue weighted by Crippen LogP contribution is 2.28. The maximum atomic E-state index is 11.9. The highest BCUT2D eigenvalue weighted by molar-refractivity contribution is 9.10. The fraction of sp³-hybridized carbons (Fsp3) is 0.333. The Morgan fingerprint density at radius 1 is 1.63 bits per heavy atom. The number of carbonyl (C=O) groups is 1. The number of hydrogen-bond donors (Lipinski definition) is 0. The van der Waals surface area contributed by atoms with E-state index in [4.69, 9.17) is 10.8 Å². The third-order valence-corrected chi connectivity index (χ3v) is 3.68. The van der Waals surface area contributed by atoms with Gasteiger partial charge in [-0.15, -0.1) is 0 Å². The number of hydrogen-bond acceptors (Lipinski definition) is 3.